The van der Waals surface area contributed by atoms with Gasteiger partial charge >= 0.3 is 0 Å². The van der Waals surface area contributed by atoms with Crippen molar-refractivity contribution < 1.29 is 0 Å². The van der Waals surface area contributed by atoms with Crippen molar-refractivity contribution in [1.82, 2.24) is 15.5 Å². The smallest absolute Gasteiger partial charge is 0.0518 e. The number of aromatic amines is 1. The van der Waals surface area contributed by atoms with Crippen molar-refractivity contribution in [2.45, 2.75) is 19.5 Å². The second-order valence-corrected chi connectivity index (χ2v) is 4.56. The fourth-order valence-electron chi connectivity index (χ4n) is 1.52. The van der Waals surface area contributed by atoms with Gasteiger partial charge in [0.1, 0.15) is 0 Å². The first-order valence-corrected chi connectivity index (χ1v) is 6.02. The van der Waals surface area contributed by atoms with E-state index in [4.69, 9.17) is 0 Å². The zero-order valence-corrected chi connectivity index (χ0v) is 10.7. The molecule has 1 aromatic carbocycles. The Labute approximate surface area is 103 Å². The molecule has 1 aromatic heterocycles. The molecule has 4 heteroatoms. The molecular weight excluding hydrogens is 266 g/mol. The van der Waals surface area contributed by atoms with Crippen molar-refractivity contribution in [3.8, 4) is 0 Å². The third-order valence-corrected chi connectivity index (χ3v) is 3.32. The van der Waals surface area contributed by atoms with Gasteiger partial charge in [0.25, 0.3) is 0 Å². The first-order chi connectivity index (χ1) is 7.77. The Bertz CT molecular complexity index is 439. The van der Waals surface area contributed by atoms with Crippen LogP contribution in [0.1, 0.15) is 24.2 Å². The van der Waals surface area contributed by atoms with E-state index in [-0.39, 0.29) is 6.04 Å². The lowest BCUT2D eigenvalue weighted by atomic mass is 10.2. The minimum absolute atomic E-state index is 0.273. The standard InChI is InChI=1S/C12H14BrN3/c1-9(12-6-7-15-16-12)14-8-10-4-2-3-5-11(10)13/h2-7,9,14H,8H2,1H3,(H,15,16). The van der Waals surface area contributed by atoms with E-state index in [2.05, 4.69) is 50.5 Å². The van der Waals surface area contributed by atoms with Crippen molar-refractivity contribution >= 4 is 15.9 Å². The van der Waals surface area contributed by atoms with Crippen molar-refractivity contribution in [3.63, 3.8) is 0 Å². The molecule has 3 nitrogen and oxygen atoms in total. The summed E-state index contributed by atoms with van der Waals surface area (Å²) in [5.41, 5.74) is 2.36. The summed E-state index contributed by atoms with van der Waals surface area (Å²) in [5.74, 6) is 0. The summed E-state index contributed by atoms with van der Waals surface area (Å²) in [6.07, 6.45) is 1.77. The van der Waals surface area contributed by atoms with E-state index in [0.717, 1.165) is 16.7 Å². The van der Waals surface area contributed by atoms with E-state index in [9.17, 15) is 0 Å². The molecule has 0 aliphatic rings. The lowest BCUT2D eigenvalue weighted by Crippen LogP contribution is -2.18. The van der Waals surface area contributed by atoms with Gasteiger partial charge in [0, 0.05) is 23.3 Å². The van der Waals surface area contributed by atoms with Crippen LogP contribution in [-0.2, 0) is 6.54 Å². The molecule has 2 aromatic rings. The summed E-state index contributed by atoms with van der Waals surface area (Å²) in [4.78, 5) is 0. The van der Waals surface area contributed by atoms with Gasteiger partial charge in [-0.15, -0.1) is 0 Å². The Morgan fingerprint density at radius 2 is 2.19 bits per heavy atom. The van der Waals surface area contributed by atoms with Gasteiger partial charge < -0.3 is 5.32 Å². The van der Waals surface area contributed by atoms with E-state index in [1.54, 1.807) is 6.20 Å². The van der Waals surface area contributed by atoms with Crippen LogP contribution in [0.15, 0.2) is 41.0 Å². The summed E-state index contributed by atoms with van der Waals surface area (Å²) >= 11 is 3.53. The maximum atomic E-state index is 3.94. The number of H-pyrrole nitrogens is 1. The predicted octanol–water partition coefficient (Wildman–Crippen LogP) is 3.02. The molecule has 1 heterocycles. The van der Waals surface area contributed by atoms with Crippen LogP contribution in [0.25, 0.3) is 0 Å². The highest BCUT2D eigenvalue weighted by Gasteiger charge is 2.06. The highest BCUT2D eigenvalue weighted by Crippen LogP contribution is 2.17. The Morgan fingerprint density at radius 3 is 2.88 bits per heavy atom. The quantitative estimate of drug-likeness (QED) is 0.903. The van der Waals surface area contributed by atoms with Gasteiger partial charge in [-0.3, -0.25) is 5.10 Å². The second kappa shape index (κ2) is 5.27. The highest BCUT2D eigenvalue weighted by molar-refractivity contribution is 9.10. The maximum Gasteiger partial charge on any atom is 0.0518 e. The van der Waals surface area contributed by atoms with Crippen LogP contribution in [-0.4, -0.2) is 10.2 Å². The van der Waals surface area contributed by atoms with Crippen LogP contribution < -0.4 is 5.32 Å². The molecule has 0 amide bonds. The average molecular weight is 280 g/mol. The van der Waals surface area contributed by atoms with E-state index in [1.165, 1.54) is 5.56 Å². The third kappa shape index (κ3) is 2.71. The Kier molecular flexibility index (Phi) is 3.74. The number of hydrogen-bond acceptors (Lipinski definition) is 2. The summed E-state index contributed by atoms with van der Waals surface area (Å²) in [6.45, 7) is 2.95. The number of nitrogens with zero attached hydrogens (tertiary/aromatic N) is 1. The topological polar surface area (TPSA) is 40.7 Å². The fraction of sp³-hybridized carbons (Fsp3) is 0.250. The Balaban J connectivity index is 1.95. The van der Waals surface area contributed by atoms with Gasteiger partial charge in [-0.25, -0.2) is 0 Å². The third-order valence-electron chi connectivity index (χ3n) is 2.55. The predicted molar refractivity (Wildman–Crippen MR) is 68.0 cm³/mol. The molecule has 2 N–H and O–H groups in total. The molecule has 0 aliphatic heterocycles. The summed E-state index contributed by atoms with van der Waals surface area (Å²) in [5, 5.41) is 10.3. The molecule has 0 spiro atoms. The maximum absolute atomic E-state index is 3.94. The summed E-state index contributed by atoms with van der Waals surface area (Å²) < 4.78 is 1.14. The number of rotatable bonds is 4. The SMILES string of the molecule is CC(NCc1ccccc1Br)c1ccn[nH]1. The van der Waals surface area contributed by atoms with E-state index in [1.807, 2.05) is 18.2 Å². The molecule has 0 fully saturated rings. The lowest BCUT2D eigenvalue weighted by molar-refractivity contribution is 0.559. The van der Waals surface area contributed by atoms with Crippen LogP contribution in [0.5, 0.6) is 0 Å². The molecular formula is C12H14BrN3. The number of hydrogen-bond donors (Lipinski definition) is 2. The first-order valence-electron chi connectivity index (χ1n) is 5.23. The van der Waals surface area contributed by atoms with Crippen molar-refractivity contribution in [2.24, 2.45) is 0 Å². The zero-order chi connectivity index (χ0) is 11.4. The van der Waals surface area contributed by atoms with Gasteiger partial charge in [-0.05, 0) is 24.6 Å². The highest BCUT2D eigenvalue weighted by atomic mass is 79.9. The molecule has 1 unspecified atom stereocenters. The lowest BCUT2D eigenvalue weighted by Gasteiger charge is -2.12. The molecule has 16 heavy (non-hydrogen) atoms. The number of benzene rings is 1. The minimum Gasteiger partial charge on any atom is -0.305 e. The molecule has 84 valence electrons. The van der Waals surface area contributed by atoms with Crippen LogP contribution in [0.3, 0.4) is 0 Å². The number of aromatic nitrogens is 2. The minimum atomic E-state index is 0.273. The summed E-state index contributed by atoms with van der Waals surface area (Å²) in [6, 6.07) is 10.5. The van der Waals surface area contributed by atoms with Crippen LogP contribution in [0.2, 0.25) is 0 Å². The van der Waals surface area contributed by atoms with Gasteiger partial charge in [-0.1, -0.05) is 34.1 Å². The van der Waals surface area contributed by atoms with E-state index < -0.39 is 0 Å². The molecule has 2 rings (SSSR count). The van der Waals surface area contributed by atoms with Crippen molar-refractivity contribution in [3.05, 3.63) is 52.3 Å². The first kappa shape index (κ1) is 11.4. The molecule has 0 radical (unpaired) electrons. The summed E-state index contributed by atoms with van der Waals surface area (Å²) in [7, 11) is 0. The van der Waals surface area contributed by atoms with Gasteiger partial charge in [0.2, 0.25) is 0 Å². The van der Waals surface area contributed by atoms with Crippen LogP contribution >= 0.6 is 15.9 Å². The Hall–Kier alpha value is -1.13. The molecule has 0 saturated heterocycles. The van der Waals surface area contributed by atoms with Gasteiger partial charge in [-0.2, -0.15) is 5.10 Å². The zero-order valence-electron chi connectivity index (χ0n) is 9.07. The van der Waals surface area contributed by atoms with Crippen molar-refractivity contribution in [1.29, 1.82) is 0 Å². The van der Waals surface area contributed by atoms with Crippen LogP contribution in [0, 0.1) is 0 Å². The largest absolute Gasteiger partial charge is 0.305 e. The number of nitrogens with one attached hydrogen (secondary N) is 2. The van der Waals surface area contributed by atoms with Gasteiger partial charge in [0.05, 0.1) is 5.69 Å². The fourth-order valence-corrected chi connectivity index (χ4v) is 1.95. The van der Waals surface area contributed by atoms with Crippen molar-refractivity contribution in [2.75, 3.05) is 0 Å². The second-order valence-electron chi connectivity index (χ2n) is 3.71. The van der Waals surface area contributed by atoms with Crippen LogP contribution in [0.4, 0.5) is 0 Å². The molecule has 0 bridgehead atoms. The molecule has 0 saturated carbocycles. The molecule has 0 aliphatic carbocycles. The van der Waals surface area contributed by atoms with E-state index in [0.29, 0.717) is 0 Å². The number of halogens is 1. The van der Waals surface area contributed by atoms with Gasteiger partial charge in [0.15, 0.2) is 0 Å². The monoisotopic (exact) mass is 279 g/mol. The normalized spacial score (nSPS) is 12.6. The van der Waals surface area contributed by atoms with E-state index >= 15 is 0 Å². The Morgan fingerprint density at radius 1 is 1.38 bits per heavy atom. The molecule has 1 atom stereocenters. The average Bonchev–Trinajstić information content (AvgIpc) is 2.81.